The summed E-state index contributed by atoms with van der Waals surface area (Å²) in [5, 5.41) is 5.68. The average Bonchev–Trinajstić information content (AvgIpc) is 3.24. The minimum absolute atomic E-state index is 0.0808. The molecular weight excluding hydrogens is 509 g/mol. The van der Waals surface area contributed by atoms with Crippen molar-refractivity contribution in [1.29, 1.82) is 0 Å². The Hall–Kier alpha value is -4.03. The first-order valence-electron chi connectivity index (χ1n) is 10.9. The highest BCUT2D eigenvalue weighted by molar-refractivity contribution is 7.22. The fourth-order valence-electron chi connectivity index (χ4n) is 3.70. The number of hydrogen-bond donors (Lipinski definition) is 2. The van der Waals surface area contributed by atoms with E-state index in [0.717, 1.165) is 0 Å². The van der Waals surface area contributed by atoms with Gasteiger partial charge in [0.15, 0.2) is 5.13 Å². The zero-order valence-corrected chi connectivity index (χ0v) is 20.4. The van der Waals surface area contributed by atoms with Crippen LogP contribution in [-0.2, 0) is 9.53 Å². The van der Waals surface area contributed by atoms with Crippen molar-refractivity contribution in [3.05, 3.63) is 72.1 Å². The Morgan fingerprint density at radius 2 is 1.95 bits per heavy atom. The molecule has 0 aliphatic heterocycles. The number of fused-ring (bicyclic) bond motifs is 1. The summed E-state index contributed by atoms with van der Waals surface area (Å²) in [7, 11) is 1.38. The molecule has 0 saturated heterocycles. The minimum Gasteiger partial charge on any atom is -0.405 e. The largest absolute Gasteiger partial charge is 0.573 e. The van der Waals surface area contributed by atoms with E-state index in [2.05, 4.69) is 25.3 Å². The molecule has 4 rings (SSSR count). The number of methoxy groups -OCH3 is 1. The second-order valence-electron chi connectivity index (χ2n) is 7.88. The number of anilines is 1. The highest BCUT2D eigenvalue weighted by Gasteiger charge is 2.35. The third kappa shape index (κ3) is 6.40. The van der Waals surface area contributed by atoms with Gasteiger partial charge in [0, 0.05) is 37.6 Å². The lowest BCUT2D eigenvalue weighted by Gasteiger charge is -2.24. The number of nitrogens with one attached hydrogen (secondary N) is 2. The molecule has 0 spiro atoms. The van der Waals surface area contributed by atoms with Crippen LogP contribution in [-0.4, -0.2) is 41.9 Å². The molecule has 2 heterocycles. The number of ether oxygens (including phenoxy) is 2. The lowest BCUT2D eigenvalue weighted by molar-refractivity contribution is -0.274. The molecule has 0 aliphatic rings. The van der Waals surface area contributed by atoms with E-state index in [1.54, 1.807) is 30.3 Å². The van der Waals surface area contributed by atoms with Gasteiger partial charge in [0.2, 0.25) is 5.91 Å². The van der Waals surface area contributed by atoms with E-state index in [1.807, 2.05) is 0 Å². The molecule has 8 nitrogen and oxygen atoms in total. The number of amides is 2. The van der Waals surface area contributed by atoms with Gasteiger partial charge in [-0.15, -0.1) is 13.2 Å². The molecule has 2 aromatic heterocycles. The summed E-state index contributed by atoms with van der Waals surface area (Å²) < 4.78 is 51.1. The maximum absolute atomic E-state index is 13.6. The van der Waals surface area contributed by atoms with E-state index in [1.165, 1.54) is 56.0 Å². The van der Waals surface area contributed by atoms with Crippen LogP contribution < -0.4 is 15.4 Å². The summed E-state index contributed by atoms with van der Waals surface area (Å²) in [6.45, 7) is 1.24. The zero-order valence-electron chi connectivity index (χ0n) is 19.6. The van der Waals surface area contributed by atoms with Crippen molar-refractivity contribution in [2.24, 2.45) is 0 Å². The highest BCUT2D eigenvalue weighted by Crippen LogP contribution is 2.41. The quantitative estimate of drug-likeness (QED) is 0.319. The van der Waals surface area contributed by atoms with E-state index in [4.69, 9.17) is 4.74 Å². The fourth-order valence-corrected chi connectivity index (χ4v) is 4.65. The van der Waals surface area contributed by atoms with Gasteiger partial charge in [-0.1, -0.05) is 35.6 Å². The third-order valence-corrected chi connectivity index (χ3v) is 6.12. The van der Waals surface area contributed by atoms with Gasteiger partial charge in [-0.05, 0) is 29.8 Å². The number of pyridine rings is 1. The summed E-state index contributed by atoms with van der Waals surface area (Å²) >= 11 is 1.19. The molecule has 4 aromatic rings. The number of rotatable bonds is 8. The number of aromatic nitrogens is 2. The van der Waals surface area contributed by atoms with Crippen molar-refractivity contribution >= 4 is 38.5 Å². The highest BCUT2D eigenvalue weighted by atomic mass is 32.1. The number of halogens is 3. The van der Waals surface area contributed by atoms with Crippen molar-refractivity contribution in [3.8, 4) is 16.9 Å². The standard InChI is InChI=1S/C25H21F3N4O4S/c1-14(33)30-24-32-19-9-8-15(11-21(19)37-24)17-6-3-7-18(22(17)36-25(26,27)28)20(13-35-2)31-23(34)16-5-4-10-29-12-16/h3-12,20H,13H2,1-2H3,(H,31,34)(H,30,32,33). The van der Waals surface area contributed by atoms with E-state index >= 15 is 0 Å². The summed E-state index contributed by atoms with van der Waals surface area (Å²) in [4.78, 5) is 32.3. The number of benzene rings is 2. The SMILES string of the molecule is COCC(NC(=O)c1cccnc1)c1cccc(-c2ccc3nc(NC(C)=O)sc3c2)c1OC(F)(F)F. The monoisotopic (exact) mass is 530 g/mol. The molecule has 2 amide bonds. The predicted molar refractivity (Wildman–Crippen MR) is 132 cm³/mol. The van der Waals surface area contributed by atoms with Gasteiger partial charge in [0.05, 0.1) is 28.4 Å². The van der Waals surface area contributed by atoms with Crippen molar-refractivity contribution in [1.82, 2.24) is 15.3 Å². The van der Waals surface area contributed by atoms with Crippen LogP contribution in [0.4, 0.5) is 18.3 Å². The van der Waals surface area contributed by atoms with Crippen molar-refractivity contribution in [3.63, 3.8) is 0 Å². The molecule has 1 atom stereocenters. The predicted octanol–water partition coefficient (Wildman–Crippen LogP) is 5.33. The molecule has 12 heteroatoms. The van der Waals surface area contributed by atoms with Crippen LogP contribution in [0.2, 0.25) is 0 Å². The number of nitrogens with zero attached hydrogens (tertiary/aromatic N) is 2. The van der Waals surface area contributed by atoms with Crippen LogP contribution in [0.1, 0.15) is 28.9 Å². The van der Waals surface area contributed by atoms with Crippen molar-refractivity contribution in [2.75, 3.05) is 19.0 Å². The molecule has 0 radical (unpaired) electrons. The van der Waals surface area contributed by atoms with E-state index in [-0.39, 0.29) is 29.2 Å². The molecule has 0 bridgehead atoms. The van der Waals surface area contributed by atoms with Gasteiger partial charge in [-0.25, -0.2) is 4.98 Å². The van der Waals surface area contributed by atoms with Gasteiger partial charge >= 0.3 is 6.36 Å². The molecule has 2 aromatic carbocycles. The first-order chi connectivity index (χ1) is 17.6. The number of carbonyl (C=O) groups excluding carboxylic acids is 2. The van der Waals surface area contributed by atoms with Gasteiger partial charge in [-0.2, -0.15) is 0 Å². The summed E-state index contributed by atoms with van der Waals surface area (Å²) in [5.74, 6) is -1.28. The molecule has 0 fully saturated rings. The third-order valence-electron chi connectivity index (χ3n) is 5.18. The minimum atomic E-state index is -5.00. The molecule has 0 saturated carbocycles. The second-order valence-corrected chi connectivity index (χ2v) is 8.91. The molecule has 192 valence electrons. The lowest BCUT2D eigenvalue weighted by Crippen LogP contribution is -2.32. The number of hydrogen-bond acceptors (Lipinski definition) is 7. The molecular formula is C25H21F3N4O4S. The Labute approximate surface area is 213 Å². The first kappa shape index (κ1) is 26.0. The number of alkyl halides is 3. The van der Waals surface area contributed by atoms with E-state index < -0.39 is 24.1 Å². The van der Waals surface area contributed by atoms with Gasteiger partial charge in [-0.3, -0.25) is 14.6 Å². The van der Waals surface area contributed by atoms with E-state index in [0.29, 0.717) is 20.9 Å². The Kier molecular flexibility index (Phi) is 7.69. The lowest BCUT2D eigenvalue weighted by atomic mass is 9.97. The Morgan fingerprint density at radius 1 is 1.14 bits per heavy atom. The Bertz CT molecular complexity index is 1430. The van der Waals surface area contributed by atoms with E-state index in [9.17, 15) is 22.8 Å². The Morgan fingerprint density at radius 3 is 2.62 bits per heavy atom. The van der Waals surface area contributed by atoms with Gasteiger partial charge in [0.1, 0.15) is 5.75 Å². The number of thiazole rings is 1. The molecule has 2 N–H and O–H groups in total. The Balaban J connectivity index is 1.78. The van der Waals surface area contributed by atoms with Crippen LogP contribution >= 0.6 is 11.3 Å². The normalized spacial score (nSPS) is 12.2. The summed E-state index contributed by atoms with van der Waals surface area (Å²) in [5.41, 5.74) is 1.48. The van der Waals surface area contributed by atoms with Gasteiger partial charge < -0.3 is 20.1 Å². The first-order valence-corrected chi connectivity index (χ1v) is 11.7. The van der Waals surface area contributed by atoms with Crippen LogP contribution in [0, 0.1) is 0 Å². The summed E-state index contributed by atoms with van der Waals surface area (Å²) in [6, 6.07) is 11.6. The average molecular weight is 531 g/mol. The van der Waals surface area contributed by atoms with Crippen LogP contribution in [0.5, 0.6) is 5.75 Å². The van der Waals surface area contributed by atoms with Crippen molar-refractivity contribution < 1.29 is 32.2 Å². The van der Waals surface area contributed by atoms with Gasteiger partial charge in [0.25, 0.3) is 5.91 Å². The smallest absolute Gasteiger partial charge is 0.405 e. The second kappa shape index (κ2) is 10.9. The van der Waals surface area contributed by atoms with Crippen LogP contribution in [0.25, 0.3) is 21.3 Å². The molecule has 37 heavy (non-hydrogen) atoms. The topological polar surface area (TPSA) is 102 Å². The number of para-hydroxylation sites is 1. The number of carbonyl (C=O) groups is 2. The molecule has 0 aliphatic carbocycles. The summed E-state index contributed by atoms with van der Waals surface area (Å²) in [6.07, 6.45) is -2.15. The fraction of sp³-hybridized carbons (Fsp3) is 0.200. The maximum atomic E-state index is 13.6. The van der Waals surface area contributed by atoms with Crippen LogP contribution in [0.3, 0.4) is 0 Å². The van der Waals surface area contributed by atoms with Crippen molar-refractivity contribution in [2.45, 2.75) is 19.3 Å². The molecule has 1 unspecified atom stereocenters. The van der Waals surface area contributed by atoms with Crippen LogP contribution in [0.15, 0.2) is 60.9 Å². The maximum Gasteiger partial charge on any atom is 0.573 e. The zero-order chi connectivity index (χ0) is 26.6.